The lowest BCUT2D eigenvalue weighted by Gasteiger charge is -2.01. The molecule has 0 aliphatic heterocycles. The summed E-state index contributed by atoms with van der Waals surface area (Å²) in [6.07, 6.45) is 3.73. The Kier molecular flexibility index (Phi) is 2.57. The summed E-state index contributed by atoms with van der Waals surface area (Å²) in [7, 11) is 0. The molecule has 1 aliphatic rings. The van der Waals surface area contributed by atoms with Crippen molar-refractivity contribution in [1.29, 1.82) is 0 Å². The van der Waals surface area contributed by atoms with Crippen LogP contribution in [0.1, 0.15) is 22.7 Å². The summed E-state index contributed by atoms with van der Waals surface area (Å²) in [4.78, 5) is 7.53. The zero-order valence-electron chi connectivity index (χ0n) is 10.6. The highest BCUT2D eigenvalue weighted by atomic mass is 79.9. The topological polar surface area (TPSA) is 17.3 Å². The second-order valence-corrected chi connectivity index (χ2v) is 6.97. The Morgan fingerprint density at radius 3 is 2.79 bits per heavy atom. The van der Waals surface area contributed by atoms with Gasteiger partial charge in [-0.3, -0.25) is 4.40 Å². The van der Waals surface area contributed by atoms with Crippen LogP contribution in [0.3, 0.4) is 0 Å². The third kappa shape index (κ3) is 1.70. The largest absolute Gasteiger partial charge is 0.291 e. The van der Waals surface area contributed by atoms with Crippen LogP contribution >= 0.6 is 27.3 Å². The monoisotopic (exact) mass is 332 g/mol. The first kappa shape index (κ1) is 11.7. The molecular formula is C15H13BrN2S. The van der Waals surface area contributed by atoms with Gasteiger partial charge in [-0.05, 0) is 38.3 Å². The summed E-state index contributed by atoms with van der Waals surface area (Å²) in [5.41, 5.74) is 5.09. The van der Waals surface area contributed by atoms with Crippen molar-refractivity contribution >= 4 is 32.2 Å². The van der Waals surface area contributed by atoms with Crippen LogP contribution in [0, 0.1) is 6.92 Å². The first-order chi connectivity index (χ1) is 9.24. The van der Waals surface area contributed by atoms with Crippen LogP contribution in [0.2, 0.25) is 0 Å². The van der Waals surface area contributed by atoms with E-state index >= 15 is 0 Å². The van der Waals surface area contributed by atoms with E-state index in [1.165, 1.54) is 41.1 Å². The smallest absolute Gasteiger partial charge is 0.194 e. The highest BCUT2D eigenvalue weighted by Crippen LogP contribution is 2.35. The number of aryl methyl sites for hydroxylation is 3. The average Bonchev–Trinajstić information content (AvgIpc) is 3.03. The molecule has 0 saturated carbocycles. The van der Waals surface area contributed by atoms with Crippen LogP contribution in [0.15, 0.2) is 28.7 Å². The third-order valence-electron chi connectivity index (χ3n) is 3.82. The second kappa shape index (κ2) is 4.18. The molecule has 2 heterocycles. The first-order valence-corrected chi connectivity index (χ1v) is 8.10. The summed E-state index contributed by atoms with van der Waals surface area (Å²) in [6, 6.07) is 8.41. The maximum absolute atomic E-state index is 4.84. The van der Waals surface area contributed by atoms with E-state index in [9.17, 15) is 0 Å². The molecule has 4 rings (SSSR count). The van der Waals surface area contributed by atoms with Gasteiger partial charge in [0.25, 0.3) is 0 Å². The van der Waals surface area contributed by atoms with Gasteiger partial charge in [0.05, 0.1) is 5.69 Å². The Bertz CT molecular complexity index is 768. The molecule has 0 unspecified atom stereocenters. The zero-order valence-corrected chi connectivity index (χ0v) is 13.0. The van der Waals surface area contributed by atoms with E-state index in [4.69, 9.17) is 4.98 Å². The third-order valence-corrected chi connectivity index (χ3v) is 5.49. The predicted octanol–water partition coefficient (Wildman–Crippen LogP) is 4.62. The molecule has 0 spiro atoms. The van der Waals surface area contributed by atoms with E-state index in [-0.39, 0.29) is 0 Å². The highest BCUT2D eigenvalue weighted by molar-refractivity contribution is 9.10. The molecule has 0 radical (unpaired) electrons. The summed E-state index contributed by atoms with van der Waals surface area (Å²) in [5, 5.41) is 0. The number of hydrogen-bond acceptors (Lipinski definition) is 2. The molecule has 3 aromatic rings. The summed E-state index contributed by atoms with van der Waals surface area (Å²) in [5.74, 6) is 0. The highest BCUT2D eigenvalue weighted by Gasteiger charge is 2.22. The van der Waals surface area contributed by atoms with Gasteiger partial charge in [-0.15, -0.1) is 11.3 Å². The lowest BCUT2D eigenvalue weighted by atomic mass is 10.1. The molecule has 2 aromatic heterocycles. The molecule has 0 bridgehead atoms. The van der Waals surface area contributed by atoms with E-state index < -0.39 is 0 Å². The number of hydrogen-bond donors (Lipinski definition) is 0. The molecule has 4 heteroatoms. The minimum absolute atomic E-state index is 1.11. The van der Waals surface area contributed by atoms with Gasteiger partial charge in [0.1, 0.15) is 0 Å². The summed E-state index contributed by atoms with van der Waals surface area (Å²) < 4.78 is 3.47. The number of aromatic nitrogens is 2. The molecule has 0 atom stereocenters. The van der Waals surface area contributed by atoms with Crippen molar-refractivity contribution in [1.82, 2.24) is 9.38 Å². The van der Waals surface area contributed by atoms with Crippen molar-refractivity contribution in [2.45, 2.75) is 26.2 Å². The van der Waals surface area contributed by atoms with Crippen LogP contribution in [-0.2, 0) is 12.8 Å². The van der Waals surface area contributed by atoms with Crippen LogP contribution in [0.25, 0.3) is 16.2 Å². The SMILES string of the molecule is Cc1c(-c2ccc(Br)cc2)nc2sc3c(n12)CCC3. The fourth-order valence-electron chi connectivity index (χ4n) is 2.90. The number of fused-ring (bicyclic) bond motifs is 3. The number of nitrogens with zero attached hydrogens (tertiary/aromatic N) is 2. The lowest BCUT2D eigenvalue weighted by molar-refractivity contribution is 0.882. The molecule has 0 amide bonds. The Labute approximate surface area is 124 Å². The van der Waals surface area contributed by atoms with Crippen LogP contribution in [-0.4, -0.2) is 9.38 Å². The molecule has 19 heavy (non-hydrogen) atoms. The standard InChI is InChI=1S/C15H13BrN2S/c1-9-14(10-5-7-11(16)8-6-10)17-15-18(9)12-3-2-4-13(12)19-15/h5-8H,2-4H2,1H3. The van der Waals surface area contributed by atoms with Gasteiger partial charge in [-0.2, -0.15) is 0 Å². The van der Waals surface area contributed by atoms with Gasteiger partial charge in [-0.1, -0.05) is 28.1 Å². The molecule has 2 nitrogen and oxygen atoms in total. The lowest BCUT2D eigenvalue weighted by Crippen LogP contribution is -1.91. The fraction of sp³-hybridized carbons (Fsp3) is 0.267. The van der Waals surface area contributed by atoms with Gasteiger partial charge in [0.15, 0.2) is 4.96 Å². The average molecular weight is 333 g/mol. The molecule has 0 N–H and O–H groups in total. The number of halogens is 1. The van der Waals surface area contributed by atoms with Crippen LogP contribution in [0.4, 0.5) is 0 Å². The van der Waals surface area contributed by atoms with Crippen molar-refractivity contribution in [3.8, 4) is 11.3 Å². The minimum Gasteiger partial charge on any atom is -0.291 e. The van der Waals surface area contributed by atoms with Crippen molar-refractivity contribution in [2.24, 2.45) is 0 Å². The molecule has 0 saturated heterocycles. The Hall–Kier alpha value is -1.13. The fourth-order valence-corrected chi connectivity index (χ4v) is 4.42. The molecule has 96 valence electrons. The van der Waals surface area contributed by atoms with Crippen molar-refractivity contribution in [2.75, 3.05) is 0 Å². The van der Waals surface area contributed by atoms with E-state index in [0.29, 0.717) is 0 Å². The van der Waals surface area contributed by atoms with Gasteiger partial charge in [-0.25, -0.2) is 4.98 Å². The van der Waals surface area contributed by atoms with Crippen molar-refractivity contribution in [3.63, 3.8) is 0 Å². The van der Waals surface area contributed by atoms with E-state index in [1.807, 2.05) is 11.3 Å². The maximum atomic E-state index is 4.84. The predicted molar refractivity (Wildman–Crippen MR) is 83.0 cm³/mol. The van der Waals surface area contributed by atoms with Gasteiger partial charge in [0, 0.05) is 26.3 Å². The Morgan fingerprint density at radius 1 is 1.21 bits per heavy atom. The van der Waals surface area contributed by atoms with Gasteiger partial charge < -0.3 is 0 Å². The van der Waals surface area contributed by atoms with E-state index in [0.717, 1.165) is 15.1 Å². The number of imidazole rings is 1. The summed E-state index contributed by atoms with van der Waals surface area (Å²) >= 11 is 5.34. The van der Waals surface area contributed by atoms with Crippen molar-refractivity contribution < 1.29 is 0 Å². The second-order valence-electron chi connectivity index (χ2n) is 5.00. The number of benzene rings is 1. The molecule has 0 fully saturated rings. The minimum atomic E-state index is 1.11. The van der Waals surface area contributed by atoms with Crippen LogP contribution in [0.5, 0.6) is 0 Å². The normalized spacial score (nSPS) is 14.2. The summed E-state index contributed by atoms with van der Waals surface area (Å²) in [6.45, 7) is 2.18. The molecular weight excluding hydrogens is 320 g/mol. The van der Waals surface area contributed by atoms with Gasteiger partial charge >= 0.3 is 0 Å². The van der Waals surface area contributed by atoms with Crippen molar-refractivity contribution in [3.05, 3.63) is 45.0 Å². The number of rotatable bonds is 1. The van der Waals surface area contributed by atoms with E-state index in [2.05, 4.69) is 51.5 Å². The first-order valence-electron chi connectivity index (χ1n) is 6.49. The molecule has 1 aliphatic carbocycles. The number of thiazole rings is 1. The van der Waals surface area contributed by atoms with Gasteiger partial charge in [0.2, 0.25) is 0 Å². The quantitative estimate of drug-likeness (QED) is 0.635. The molecule has 1 aromatic carbocycles. The Balaban J connectivity index is 1.94. The zero-order chi connectivity index (χ0) is 13.0. The van der Waals surface area contributed by atoms with Crippen LogP contribution < -0.4 is 0 Å². The van der Waals surface area contributed by atoms with E-state index in [1.54, 1.807) is 0 Å². The Morgan fingerprint density at radius 2 is 2.00 bits per heavy atom. The maximum Gasteiger partial charge on any atom is 0.194 e.